The van der Waals surface area contributed by atoms with E-state index in [-0.39, 0.29) is 5.91 Å². The van der Waals surface area contributed by atoms with Gasteiger partial charge in [-0.25, -0.2) is 0 Å². The number of rotatable bonds is 6. The van der Waals surface area contributed by atoms with Gasteiger partial charge in [0.1, 0.15) is 11.5 Å². The van der Waals surface area contributed by atoms with Crippen molar-refractivity contribution in [1.82, 2.24) is 13.5 Å². The summed E-state index contributed by atoms with van der Waals surface area (Å²) in [6.45, 7) is 2.60. The first-order valence-corrected chi connectivity index (χ1v) is 11.8. The minimum atomic E-state index is -3.45. The summed E-state index contributed by atoms with van der Waals surface area (Å²) in [5.41, 5.74) is 0.772. The second kappa shape index (κ2) is 10.3. The maximum atomic E-state index is 12.9. The van der Waals surface area contributed by atoms with Crippen LogP contribution < -0.4 is 9.47 Å². The van der Waals surface area contributed by atoms with Gasteiger partial charge in [-0.2, -0.15) is 17.0 Å². The van der Waals surface area contributed by atoms with Crippen LogP contribution in [0.4, 0.5) is 0 Å². The third-order valence-corrected chi connectivity index (χ3v) is 7.65. The second-order valence-corrected chi connectivity index (χ2v) is 9.42. The molecule has 2 fully saturated rings. The number of piperazine rings is 1. The van der Waals surface area contributed by atoms with Crippen LogP contribution in [0.25, 0.3) is 6.08 Å². The Kier molecular flexibility index (Phi) is 7.74. The van der Waals surface area contributed by atoms with E-state index in [2.05, 4.69) is 0 Å². The van der Waals surface area contributed by atoms with Gasteiger partial charge in [-0.3, -0.25) is 4.79 Å². The highest BCUT2D eigenvalue weighted by atomic mass is 32.2. The van der Waals surface area contributed by atoms with E-state index in [0.29, 0.717) is 50.8 Å². The smallest absolute Gasteiger partial charge is 0.282 e. The lowest BCUT2D eigenvalue weighted by Crippen LogP contribution is -2.54. The molecule has 0 spiro atoms. The van der Waals surface area contributed by atoms with Crippen LogP contribution in [-0.2, 0) is 15.0 Å². The van der Waals surface area contributed by atoms with Crippen molar-refractivity contribution >= 4 is 22.2 Å². The number of carbonyl (C=O) groups excluding carboxylic acids is 1. The van der Waals surface area contributed by atoms with Crippen LogP contribution >= 0.6 is 0 Å². The second-order valence-electron chi connectivity index (χ2n) is 7.49. The van der Waals surface area contributed by atoms with Crippen LogP contribution in [-0.4, -0.2) is 81.3 Å². The average Bonchev–Trinajstić information content (AvgIpc) is 3.07. The molecular weight excluding hydrogens is 406 g/mol. The van der Waals surface area contributed by atoms with E-state index < -0.39 is 10.2 Å². The van der Waals surface area contributed by atoms with Crippen LogP contribution in [0.3, 0.4) is 0 Å². The normalized spacial score (nSPS) is 19.6. The zero-order valence-corrected chi connectivity index (χ0v) is 18.6. The summed E-state index contributed by atoms with van der Waals surface area (Å²) in [6, 6.07) is 5.39. The molecule has 2 saturated heterocycles. The highest BCUT2D eigenvalue weighted by molar-refractivity contribution is 7.86. The van der Waals surface area contributed by atoms with Gasteiger partial charge in [-0.05, 0) is 31.1 Å². The van der Waals surface area contributed by atoms with Crippen LogP contribution in [0, 0.1) is 0 Å². The quantitative estimate of drug-likeness (QED) is 0.636. The summed E-state index contributed by atoms with van der Waals surface area (Å²) in [4.78, 5) is 14.3. The molecule has 30 heavy (non-hydrogen) atoms. The fraction of sp³-hybridized carbons (Fsp3) is 0.571. The maximum absolute atomic E-state index is 12.9. The minimum absolute atomic E-state index is 0.139. The van der Waals surface area contributed by atoms with Crippen molar-refractivity contribution in [2.75, 3.05) is 53.5 Å². The van der Waals surface area contributed by atoms with E-state index in [4.69, 9.17) is 9.47 Å². The molecule has 8 nitrogen and oxygen atoms in total. The molecular formula is C21H31N3O5S. The zero-order chi connectivity index (χ0) is 21.6. The molecule has 3 rings (SSSR count). The SMILES string of the molecule is COc1ccc(/C=C/C(=O)N2CCN(S(=O)(=O)N3CCCCCC3)CC2)c(OC)c1. The largest absolute Gasteiger partial charge is 0.497 e. The molecule has 2 aliphatic rings. The maximum Gasteiger partial charge on any atom is 0.282 e. The molecule has 2 aliphatic heterocycles. The van der Waals surface area contributed by atoms with Gasteiger partial charge in [0.05, 0.1) is 14.2 Å². The molecule has 0 bridgehead atoms. The van der Waals surface area contributed by atoms with E-state index in [9.17, 15) is 13.2 Å². The number of methoxy groups -OCH3 is 2. The van der Waals surface area contributed by atoms with E-state index in [1.165, 1.54) is 10.4 Å². The van der Waals surface area contributed by atoms with Crippen LogP contribution in [0.2, 0.25) is 0 Å². The molecule has 2 heterocycles. The zero-order valence-electron chi connectivity index (χ0n) is 17.7. The fourth-order valence-electron chi connectivity index (χ4n) is 3.80. The molecule has 0 N–H and O–H groups in total. The third kappa shape index (κ3) is 5.33. The lowest BCUT2D eigenvalue weighted by atomic mass is 10.1. The number of carbonyl (C=O) groups is 1. The highest BCUT2D eigenvalue weighted by Gasteiger charge is 2.33. The van der Waals surface area contributed by atoms with Gasteiger partial charge in [-0.1, -0.05) is 12.8 Å². The average molecular weight is 438 g/mol. The predicted molar refractivity (Wildman–Crippen MR) is 116 cm³/mol. The fourth-order valence-corrected chi connectivity index (χ4v) is 5.47. The first-order chi connectivity index (χ1) is 14.5. The summed E-state index contributed by atoms with van der Waals surface area (Å²) in [5, 5.41) is 0. The Balaban J connectivity index is 1.58. The standard InChI is InChI=1S/C21H31N3O5S/c1-28-19-9-7-18(20(17-19)29-2)8-10-21(25)22-13-15-24(16-14-22)30(26,27)23-11-5-3-4-6-12-23/h7-10,17H,3-6,11-16H2,1-2H3/b10-8+. The Bertz CT molecular complexity index is 855. The van der Waals surface area contributed by atoms with Gasteiger partial charge in [0.2, 0.25) is 5.91 Å². The van der Waals surface area contributed by atoms with Crippen molar-refractivity contribution in [2.24, 2.45) is 0 Å². The summed E-state index contributed by atoms with van der Waals surface area (Å²) in [7, 11) is -0.295. The number of hydrogen-bond acceptors (Lipinski definition) is 5. The first kappa shape index (κ1) is 22.6. The van der Waals surface area contributed by atoms with Gasteiger partial charge in [0.15, 0.2) is 0 Å². The molecule has 1 aromatic carbocycles. The first-order valence-electron chi connectivity index (χ1n) is 10.4. The number of hydrogen-bond donors (Lipinski definition) is 0. The molecule has 0 unspecified atom stereocenters. The Morgan fingerprint density at radius 3 is 2.13 bits per heavy atom. The van der Waals surface area contributed by atoms with Crippen LogP contribution in [0.1, 0.15) is 31.2 Å². The Labute approximate surface area is 179 Å². The lowest BCUT2D eigenvalue weighted by Gasteiger charge is -2.36. The summed E-state index contributed by atoms with van der Waals surface area (Å²) >= 11 is 0. The monoisotopic (exact) mass is 437 g/mol. The molecule has 9 heteroatoms. The van der Waals surface area contributed by atoms with Crippen LogP contribution in [0.5, 0.6) is 11.5 Å². The topological polar surface area (TPSA) is 79.4 Å². The van der Waals surface area contributed by atoms with E-state index >= 15 is 0 Å². The Morgan fingerprint density at radius 2 is 1.53 bits per heavy atom. The van der Waals surface area contributed by atoms with Crippen LogP contribution in [0.15, 0.2) is 24.3 Å². The van der Waals surface area contributed by atoms with E-state index in [0.717, 1.165) is 31.2 Å². The number of nitrogens with zero attached hydrogens (tertiary/aromatic N) is 3. The molecule has 0 saturated carbocycles. The number of amides is 1. The van der Waals surface area contributed by atoms with Crippen molar-refractivity contribution in [3.8, 4) is 11.5 Å². The van der Waals surface area contributed by atoms with Crippen molar-refractivity contribution < 1.29 is 22.7 Å². The summed E-state index contributed by atoms with van der Waals surface area (Å²) in [5.74, 6) is 1.16. The molecule has 1 amide bonds. The van der Waals surface area contributed by atoms with Gasteiger partial charge < -0.3 is 14.4 Å². The summed E-state index contributed by atoms with van der Waals surface area (Å²) < 4.78 is 39.5. The van der Waals surface area contributed by atoms with Crippen molar-refractivity contribution in [3.63, 3.8) is 0 Å². The number of ether oxygens (including phenoxy) is 2. The molecule has 0 aromatic heterocycles. The van der Waals surface area contributed by atoms with Gasteiger partial charge in [0.25, 0.3) is 10.2 Å². The highest BCUT2D eigenvalue weighted by Crippen LogP contribution is 2.25. The molecule has 0 aliphatic carbocycles. The Hall–Kier alpha value is -2.10. The predicted octanol–water partition coefficient (Wildman–Crippen LogP) is 1.98. The van der Waals surface area contributed by atoms with E-state index in [1.54, 1.807) is 41.6 Å². The minimum Gasteiger partial charge on any atom is -0.497 e. The lowest BCUT2D eigenvalue weighted by molar-refractivity contribution is -0.127. The van der Waals surface area contributed by atoms with Gasteiger partial charge in [0, 0.05) is 57.0 Å². The van der Waals surface area contributed by atoms with Crippen molar-refractivity contribution in [3.05, 3.63) is 29.8 Å². The number of benzene rings is 1. The van der Waals surface area contributed by atoms with Gasteiger partial charge in [-0.15, -0.1) is 0 Å². The molecule has 0 atom stereocenters. The van der Waals surface area contributed by atoms with E-state index in [1.807, 2.05) is 6.07 Å². The molecule has 0 radical (unpaired) electrons. The Morgan fingerprint density at radius 1 is 0.900 bits per heavy atom. The van der Waals surface area contributed by atoms with Gasteiger partial charge >= 0.3 is 0 Å². The summed E-state index contributed by atoms with van der Waals surface area (Å²) in [6.07, 6.45) is 7.21. The van der Waals surface area contributed by atoms with Crippen molar-refractivity contribution in [2.45, 2.75) is 25.7 Å². The molecule has 1 aromatic rings. The van der Waals surface area contributed by atoms with Crippen molar-refractivity contribution in [1.29, 1.82) is 0 Å². The molecule has 166 valence electrons. The third-order valence-electron chi connectivity index (χ3n) is 5.61.